The van der Waals surface area contributed by atoms with Gasteiger partial charge in [0, 0.05) is 31.4 Å². The first kappa shape index (κ1) is 16.7. The molecule has 1 amide bonds. The Bertz CT molecular complexity index is 735. The van der Waals surface area contributed by atoms with E-state index in [9.17, 15) is 9.18 Å². The molecular formula is C18H24FN3O2. The van der Waals surface area contributed by atoms with Gasteiger partial charge in [-0.1, -0.05) is 0 Å². The van der Waals surface area contributed by atoms with Crippen molar-refractivity contribution in [2.24, 2.45) is 0 Å². The number of amides is 1. The average molecular weight is 333 g/mol. The van der Waals surface area contributed by atoms with Gasteiger partial charge in [0.25, 0.3) is 0 Å². The molecule has 0 bridgehead atoms. The van der Waals surface area contributed by atoms with Crippen LogP contribution in [0.5, 0.6) is 0 Å². The summed E-state index contributed by atoms with van der Waals surface area (Å²) in [5, 5.41) is 0. The summed E-state index contributed by atoms with van der Waals surface area (Å²) < 4.78 is 21.0. The van der Waals surface area contributed by atoms with Gasteiger partial charge in [0.15, 0.2) is 11.5 Å². The molecule has 3 heterocycles. The number of carbonyl (C=O) groups excluding carboxylic acids is 1. The number of aromatic nitrogens is 2. The maximum absolute atomic E-state index is 13.8. The van der Waals surface area contributed by atoms with Crippen LogP contribution in [-0.2, 0) is 11.2 Å². The van der Waals surface area contributed by atoms with Crippen molar-refractivity contribution in [3.8, 4) is 0 Å². The molecule has 1 atom stereocenters. The number of likely N-dealkylation sites (tertiary alicyclic amines) is 1. The molecule has 2 aromatic heterocycles. The van der Waals surface area contributed by atoms with E-state index in [0.29, 0.717) is 18.6 Å². The Morgan fingerprint density at radius 2 is 2.21 bits per heavy atom. The number of hydrogen-bond acceptors (Lipinski definition) is 3. The van der Waals surface area contributed by atoms with Gasteiger partial charge < -0.3 is 14.0 Å². The van der Waals surface area contributed by atoms with E-state index in [-0.39, 0.29) is 18.0 Å². The number of pyridine rings is 1. The summed E-state index contributed by atoms with van der Waals surface area (Å²) in [5.74, 6) is -0.337. The van der Waals surface area contributed by atoms with Gasteiger partial charge in [-0.15, -0.1) is 0 Å². The molecule has 0 spiro atoms. The normalized spacial score (nSPS) is 18.8. The molecule has 0 saturated carbocycles. The van der Waals surface area contributed by atoms with Crippen molar-refractivity contribution in [2.45, 2.75) is 58.1 Å². The summed E-state index contributed by atoms with van der Waals surface area (Å²) in [4.78, 5) is 18.6. The Balaban J connectivity index is 1.77. The highest BCUT2D eigenvalue weighted by molar-refractivity contribution is 5.68. The molecule has 1 aliphatic rings. The van der Waals surface area contributed by atoms with E-state index in [1.165, 1.54) is 6.07 Å². The molecule has 0 aliphatic carbocycles. The summed E-state index contributed by atoms with van der Waals surface area (Å²) in [6, 6.07) is 3.10. The van der Waals surface area contributed by atoms with Crippen molar-refractivity contribution in [2.75, 3.05) is 6.54 Å². The van der Waals surface area contributed by atoms with Crippen LogP contribution >= 0.6 is 0 Å². The zero-order valence-corrected chi connectivity index (χ0v) is 14.5. The summed E-state index contributed by atoms with van der Waals surface area (Å²) in [6.07, 6.45) is 6.92. The van der Waals surface area contributed by atoms with Gasteiger partial charge in [-0.05, 0) is 52.2 Å². The SMILES string of the molecule is CC(C)(C)OC(=O)N1CCCCC1Cc1cn2cccc(F)c2n1. The number of carbonyl (C=O) groups is 1. The molecule has 3 rings (SSSR count). The van der Waals surface area contributed by atoms with E-state index in [0.717, 1.165) is 25.0 Å². The van der Waals surface area contributed by atoms with Crippen molar-refractivity contribution in [1.82, 2.24) is 14.3 Å². The topological polar surface area (TPSA) is 46.8 Å². The van der Waals surface area contributed by atoms with Crippen LogP contribution in [0.25, 0.3) is 5.65 Å². The number of fused-ring (bicyclic) bond motifs is 1. The molecular weight excluding hydrogens is 309 g/mol. The van der Waals surface area contributed by atoms with Gasteiger partial charge in [-0.3, -0.25) is 0 Å². The molecule has 0 radical (unpaired) electrons. The van der Waals surface area contributed by atoms with Crippen molar-refractivity contribution >= 4 is 11.7 Å². The minimum atomic E-state index is -0.509. The summed E-state index contributed by atoms with van der Waals surface area (Å²) in [7, 11) is 0. The Kier molecular flexibility index (Phi) is 4.47. The van der Waals surface area contributed by atoms with Crippen LogP contribution in [-0.4, -0.2) is 38.6 Å². The smallest absolute Gasteiger partial charge is 0.410 e. The number of halogens is 1. The first-order valence-electron chi connectivity index (χ1n) is 8.45. The van der Waals surface area contributed by atoms with Crippen molar-refractivity contribution < 1.29 is 13.9 Å². The molecule has 1 fully saturated rings. The number of imidazole rings is 1. The summed E-state index contributed by atoms with van der Waals surface area (Å²) in [5.41, 5.74) is 0.610. The van der Waals surface area contributed by atoms with Crippen LogP contribution in [0.4, 0.5) is 9.18 Å². The van der Waals surface area contributed by atoms with E-state index in [2.05, 4.69) is 4.98 Å². The molecule has 2 aromatic rings. The Labute approximate surface area is 141 Å². The zero-order chi connectivity index (χ0) is 17.3. The first-order valence-corrected chi connectivity index (χ1v) is 8.45. The molecule has 1 saturated heterocycles. The quantitative estimate of drug-likeness (QED) is 0.840. The Morgan fingerprint density at radius 3 is 2.92 bits per heavy atom. The van der Waals surface area contributed by atoms with Gasteiger partial charge in [-0.25, -0.2) is 14.2 Å². The number of ether oxygens (including phenoxy) is 1. The molecule has 5 nitrogen and oxygen atoms in total. The third-order valence-electron chi connectivity index (χ3n) is 4.18. The standard InChI is InChI=1S/C18H24FN3O2/c1-18(2,3)24-17(23)22-10-5-4-7-14(22)11-13-12-21-9-6-8-15(19)16(21)20-13/h6,8-9,12,14H,4-5,7,10-11H2,1-3H3. The molecule has 1 aliphatic heterocycles. The second kappa shape index (κ2) is 6.42. The lowest BCUT2D eigenvalue weighted by atomic mass is 9.98. The van der Waals surface area contributed by atoms with Crippen LogP contribution < -0.4 is 0 Å². The van der Waals surface area contributed by atoms with Gasteiger partial charge >= 0.3 is 6.09 Å². The zero-order valence-electron chi connectivity index (χ0n) is 14.5. The van der Waals surface area contributed by atoms with E-state index in [1.807, 2.05) is 27.0 Å². The predicted molar refractivity (Wildman–Crippen MR) is 89.4 cm³/mol. The van der Waals surface area contributed by atoms with Crippen LogP contribution in [0.2, 0.25) is 0 Å². The van der Waals surface area contributed by atoms with Gasteiger partial charge in [0.1, 0.15) is 5.60 Å². The Morgan fingerprint density at radius 1 is 1.42 bits per heavy atom. The van der Waals surface area contributed by atoms with E-state index in [4.69, 9.17) is 4.74 Å². The number of nitrogens with zero attached hydrogens (tertiary/aromatic N) is 3. The fraction of sp³-hybridized carbons (Fsp3) is 0.556. The highest BCUT2D eigenvalue weighted by Crippen LogP contribution is 2.23. The summed E-state index contributed by atoms with van der Waals surface area (Å²) >= 11 is 0. The van der Waals surface area contributed by atoms with E-state index >= 15 is 0 Å². The molecule has 0 N–H and O–H groups in total. The fourth-order valence-electron chi connectivity index (χ4n) is 3.14. The first-order chi connectivity index (χ1) is 11.3. The van der Waals surface area contributed by atoms with Crippen LogP contribution in [0.3, 0.4) is 0 Å². The molecule has 1 unspecified atom stereocenters. The highest BCUT2D eigenvalue weighted by Gasteiger charge is 2.31. The second-order valence-electron chi connectivity index (χ2n) is 7.35. The monoisotopic (exact) mass is 333 g/mol. The molecule has 6 heteroatoms. The largest absolute Gasteiger partial charge is 0.444 e. The van der Waals surface area contributed by atoms with Gasteiger partial charge in [-0.2, -0.15) is 0 Å². The Hall–Kier alpha value is -2.11. The minimum absolute atomic E-state index is 0.0431. The predicted octanol–water partition coefficient (Wildman–Crippen LogP) is 3.81. The lowest BCUT2D eigenvalue weighted by molar-refractivity contribution is 0.00986. The van der Waals surface area contributed by atoms with Crippen LogP contribution in [0, 0.1) is 5.82 Å². The van der Waals surface area contributed by atoms with Crippen molar-refractivity contribution in [3.63, 3.8) is 0 Å². The second-order valence-corrected chi connectivity index (χ2v) is 7.35. The third kappa shape index (κ3) is 3.68. The van der Waals surface area contributed by atoms with Gasteiger partial charge in [0.2, 0.25) is 0 Å². The average Bonchev–Trinajstić information content (AvgIpc) is 2.90. The van der Waals surface area contributed by atoms with E-state index < -0.39 is 5.60 Å². The van der Waals surface area contributed by atoms with Crippen molar-refractivity contribution in [1.29, 1.82) is 0 Å². The molecule has 24 heavy (non-hydrogen) atoms. The van der Waals surface area contributed by atoms with Crippen molar-refractivity contribution in [3.05, 3.63) is 36.0 Å². The van der Waals surface area contributed by atoms with E-state index in [1.54, 1.807) is 21.6 Å². The maximum atomic E-state index is 13.8. The maximum Gasteiger partial charge on any atom is 0.410 e. The number of hydrogen-bond donors (Lipinski definition) is 0. The van der Waals surface area contributed by atoms with Crippen LogP contribution in [0.1, 0.15) is 45.7 Å². The van der Waals surface area contributed by atoms with Crippen LogP contribution in [0.15, 0.2) is 24.5 Å². The number of piperidine rings is 1. The fourth-order valence-corrected chi connectivity index (χ4v) is 3.14. The van der Waals surface area contributed by atoms with Gasteiger partial charge in [0.05, 0.1) is 5.69 Å². The third-order valence-corrected chi connectivity index (χ3v) is 4.18. The molecule has 130 valence electrons. The lowest BCUT2D eigenvalue weighted by Gasteiger charge is -2.36. The lowest BCUT2D eigenvalue weighted by Crippen LogP contribution is -2.47. The molecule has 0 aromatic carbocycles. The highest BCUT2D eigenvalue weighted by atomic mass is 19.1. The minimum Gasteiger partial charge on any atom is -0.444 e. The summed E-state index contributed by atoms with van der Waals surface area (Å²) in [6.45, 7) is 6.31. The number of rotatable bonds is 2.